The highest BCUT2D eigenvalue weighted by molar-refractivity contribution is 7.92. The van der Waals surface area contributed by atoms with E-state index in [9.17, 15) is 18.0 Å². The Labute approximate surface area is 210 Å². The third kappa shape index (κ3) is 8.38. The van der Waals surface area contributed by atoms with Crippen LogP contribution in [0.3, 0.4) is 0 Å². The number of likely N-dealkylation sites (N-methyl/N-ethyl adjacent to an activating group) is 1. The van der Waals surface area contributed by atoms with Crippen molar-refractivity contribution in [3.63, 3.8) is 0 Å². The predicted octanol–water partition coefficient (Wildman–Crippen LogP) is 4.05. The van der Waals surface area contributed by atoms with Crippen LogP contribution in [0.5, 0.6) is 0 Å². The maximum Gasteiger partial charge on any atom is 0.242 e. The van der Waals surface area contributed by atoms with Crippen LogP contribution in [0.1, 0.15) is 56.7 Å². The van der Waals surface area contributed by atoms with Crippen LogP contribution in [0.25, 0.3) is 0 Å². The minimum Gasteiger partial charge on any atom is -0.355 e. The van der Waals surface area contributed by atoms with Crippen molar-refractivity contribution >= 4 is 27.5 Å². The highest BCUT2D eigenvalue weighted by atomic mass is 32.2. The molecule has 35 heavy (non-hydrogen) atoms. The van der Waals surface area contributed by atoms with Gasteiger partial charge in [-0.1, -0.05) is 55.8 Å². The minimum atomic E-state index is -3.51. The number of carbonyl (C=O) groups excluding carboxylic acids is 2. The molecule has 2 amide bonds. The lowest BCUT2D eigenvalue weighted by atomic mass is 10.1. The third-order valence-corrected chi connectivity index (χ3v) is 7.19. The molecule has 0 unspecified atom stereocenters. The first kappa shape index (κ1) is 28.4. The molecule has 0 spiro atoms. The molecule has 0 saturated carbocycles. The smallest absolute Gasteiger partial charge is 0.242 e. The maximum absolute atomic E-state index is 13.4. The number of amides is 2. The lowest BCUT2D eigenvalue weighted by Gasteiger charge is -2.31. The normalized spacial score (nSPS) is 12.1. The molecule has 7 nitrogen and oxygen atoms in total. The number of rotatable bonds is 13. The van der Waals surface area contributed by atoms with Crippen molar-refractivity contribution < 1.29 is 18.0 Å². The van der Waals surface area contributed by atoms with Crippen molar-refractivity contribution in [1.29, 1.82) is 0 Å². The quantitative estimate of drug-likeness (QED) is 0.449. The number of benzene rings is 2. The first-order valence-electron chi connectivity index (χ1n) is 12.3. The summed E-state index contributed by atoms with van der Waals surface area (Å²) in [5.41, 5.74) is 3.78. The van der Waals surface area contributed by atoms with Gasteiger partial charge in [-0.25, -0.2) is 8.42 Å². The lowest BCUT2D eigenvalue weighted by molar-refractivity contribution is -0.141. The molecular formula is C27H39N3O4S. The van der Waals surface area contributed by atoms with Crippen molar-refractivity contribution in [1.82, 2.24) is 10.2 Å². The molecule has 0 aromatic heterocycles. The summed E-state index contributed by atoms with van der Waals surface area (Å²) in [5.74, 6) is -0.345. The van der Waals surface area contributed by atoms with Gasteiger partial charge < -0.3 is 10.2 Å². The van der Waals surface area contributed by atoms with E-state index in [2.05, 4.69) is 5.32 Å². The largest absolute Gasteiger partial charge is 0.355 e. The van der Waals surface area contributed by atoms with E-state index in [1.54, 1.807) is 17.0 Å². The van der Waals surface area contributed by atoms with E-state index in [1.807, 2.05) is 64.1 Å². The Hall–Kier alpha value is -2.87. The van der Waals surface area contributed by atoms with E-state index in [0.29, 0.717) is 31.6 Å². The molecule has 0 fully saturated rings. The minimum absolute atomic E-state index is 0.140. The predicted molar refractivity (Wildman–Crippen MR) is 142 cm³/mol. The standard InChI is InChI=1S/C27H39N3O4S/c1-6-22-15-17-24(18-16-22)30(35(5,33)34)19-9-10-26(31)29(25(7-2)27(32)28-8-3)20-23-13-11-21(4)12-14-23/h11-18,25H,6-10,19-20H2,1-5H3,(H,28,32)/t25-/m1/s1. The monoisotopic (exact) mass is 501 g/mol. The van der Waals surface area contributed by atoms with Crippen molar-refractivity contribution in [3.05, 3.63) is 65.2 Å². The van der Waals surface area contributed by atoms with Gasteiger partial charge in [-0.05, 0) is 56.4 Å². The van der Waals surface area contributed by atoms with E-state index in [-0.39, 0.29) is 24.8 Å². The number of nitrogens with zero attached hydrogens (tertiary/aromatic N) is 2. The second-order valence-electron chi connectivity index (χ2n) is 8.78. The Morgan fingerprint density at radius 2 is 1.54 bits per heavy atom. The molecule has 2 rings (SSSR count). The topological polar surface area (TPSA) is 86.8 Å². The average molecular weight is 502 g/mol. The summed E-state index contributed by atoms with van der Waals surface area (Å²) >= 11 is 0. The Morgan fingerprint density at radius 1 is 0.943 bits per heavy atom. The molecule has 1 atom stereocenters. The van der Waals surface area contributed by atoms with Crippen LogP contribution in [0, 0.1) is 6.92 Å². The first-order valence-corrected chi connectivity index (χ1v) is 14.1. The molecule has 0 heterocycles. The number of aryl methyl sites for hydroxylation is 2. The number of anilines is 1. The molecule has 0 aliphatic heterocycles. The van der Waals surface area contributed by atoms with Gasteiger partial charge in [0.1, 0.15) is 6.04 Å². The summed E-state index contributed by atoms with van der Waals surface area (Å²) in [5, 5.41) is 2.83. The van der Waals surface area contributed by atoms with Gasteiger partial charge in [-0.15, -0.1) is 0 Å². The van der Waals surface area contributed by atoms with Crippen molar-refractivity contribution in [2.75, 3.05) is 23.7 Å². The molecule has 1 N–H and O–H groups in total. The van der Waals surface area contributed by atoms with Gasteiger partial charge in [0, 0.05) is 26.1 Å². The summed E-state index contributed by atoms with van der Waals surface area (Å²) in [7, 11) is -3.51. The van der Waals surface area contributed by atoms with Crippen molar-refractivity contribution in [3.8, 4) is 0 Å². The Bertz CT molecular complexity index is 1070. The first-order chi connectivity index (χ1) is 16.6. The fourth-order valence-electron chi connectivity index (χ4n) is 4.00. The molecule has 0 saturated heterocycles. The van der Waals surface area contributed by atoms with Crippen LogP contribution in [-0.2, 0) is 32.6 Å². The van der Waals surface area contributed by atoms with Gasteiger partial charge in [-0.2, -0.15) is 0 Å². The second kappa shape index (κ2) is 13.3. The Kier molecular flexibility index (Phi) is 10.8. The van der Waals surface area contributed by atoms with Crippen LogP contribution >= 0.6 is 0 Å². The van der Waals surface area contributed by atoms with Gasteiger partial charge in [-0.3, -0.25) is 13.9 Å². The van der Waals surface area contributed by atoms with Crippen LogP contribution < -0.4 is 9.62 Å². The molecule has 8 heteroatoms. The van der Waals surface area contributed by atoms with E-state index < -0.39 is 16.1 Å². The lowest BCUT2D eigenvalue weighted by Crippen LogP contribution is -2.49. The summed E-state index contributed by atoms with van der Waals surface area (Å²) in [6.07, 6.45) is 3.02. The zero-order valence-corrected chi connectivity index (χ0v) is 22.4. The van der Waals surface area contributed by atoms with E-state index >= 15 is 0 Å². The summed E-state index contributed by atoms with van der Waals surface area (Å²) in [6.45, 7) is 8.78. The van der Waals surface area contributed by atoms with Gasteiger partial charge in [0.15, 0.2) is 0 Å². The zero-order chi connectivity index (χ0) is 26.0. The van der Waals surface area contributed by atoms with Crippen LogP contribution in [0.4, 0.5) is 5.69 Å². The molecule has 2 aromatic carbocycles. The van der Waals surface area contributed by atoms with Gasteiger partial charge in [0.25, 0.3) is 0 Å². The average Bonchev–Trinajstić information content (AvgIpc) is 2.82. The fourth-order valence-corrected chi connectivity index (χ4v) is 4.97. The second-order valence-corrected chi connectivity index (χ2v) is 10.7. The van der Waals surface area contributed by atoms with Gasteiger partial charge >= 0.3 is 0 Å². The van der Waals surface area contributed by atoms with Gasteiger partial charge in [0.05, 0.1) is 11.9 Å². The van der Waals surface area contributed by atoms with Crippen LogP contribution in [0.15, 0.2) is 48.5 Å². The maximum atomic E-state index is 13.4. The number of hydrogen-bond donors (Lipinski definition) is 1. The fraction of sp³-hybridized carbons (Fsp3) is 0.481. The van der Waals surface area contributed by atoms with E-state index in [4.69, 9.17) is 0 Å². The Morgan fingerprint density at radius 3 is 2.06 bits per heavy atom. The summed E-state index contributed by atoms with van der Waals surface area (Å²) in [6, 6.07) is 14.7. The summed E-state index contributed by atoms with van der Waals surface area (Å²) < 4.78 is 26.3. The Balaban J connectivity index is 2.18. The van der Waals surface area contributed by atoms with Crippen LogP contribution in [-0.4, -0.2) is 50.5 Å². The number of carbonyl (C=O) groups is 2. The van der Waals surface area contributed by atoms with Crippen molar-refractivity contribution in [2.45, 2.75) is 66.0 Å². The van der Waals surface area contributed by atoms with Crippen molar-refractivity contribution in [2.24, 2.45) is 0 Å². The third-order valence-electron chi connectivity index (χ3n) is 6.00. The number of sulfonamides is 1. The SMILES string of the molecule is CCNC(=O)[C@@H](CC)N(Cc1ccc(C)cc1)C(=O)CCCN(c1ccc(CC)cc1)S(C)(=O)=O. The highest BCUT2D eigenvalue weighted by Crippen LogP contribution is 2.20. The van der Waals surface area contributed by atoms with E-state index in [0.717, 1.165) is 23.1 Å². The number of hydrogen-bond acceptors (Lipinski definition) is 4. The molecule has 192 valence electrons. The molecule has 0 radical (unpaired) electrons. The number of nitrogens with one attached hydrogen (secondary N) is 1. The van der Waals surface area contributed by atoms with Crippen LogP contribution in [0.2, 0.25) is 0 Å². The molecule has 0 bridgehead atoms. The van der Waals surface area contributed by atoms with Gasteiger partial charge in [0.2, 0.25) is 21.8 Å². The molecular weight excluding hydrogens is 462 g/mol. The molecule has 0 aliphatic rings. The molecule has 0 aliphatic carbocycles. The summed E-state index contributed by atoms with van der Waals surface area (Å²) in [4.78, 5) is 27.7. The highest BCUT2D eigenvalue weighted by Gasteiger charge is 2.28. The molecule has 2 aromatic rings. The zero-order valence-electron chi connectivity index (χ0n) is 21.6. The van der Waals surface area contributed by atoms with E-state index in [1.165, 1.54) is 10.6 Å².